The standard InChI is InChI=1S/C15H22F2N2/c1-3-12-6-4-10(2)19(12)15(9-18)13-8-11(16)5-7-14(13)17/h5,7-8,10,12,15H,3-4,6,9,18H2,1-2H3. The molecular formula is C15H22F2N2. The van der Waals surface area contributed by atoms with Crippen molar-refractivity contribution < 1.29 is 8.78 Å². The van der Waals surface area contributed by atoms with Gasteiger partial charge in [0.2, 0.25) is 0 Å². The van der Waals surface area contributed by atoms with E-state index in [0.29, 0.717) is 24.2 Å². The van der Waals surface area contributed by atoms with Crippen LogP contribution in [0.3, 0.4) is 0 Å². The summed E-state index contributed by atoms with van der Waals surface area (Å²) in [6, 6.07) is 4.15. The minimum atomic E-state index is -0.408. The van der Waals surface area contributed by atoms with Crippen molar-refractivity contribution in [3.8, 4) is 0 Å². The van der Waals surface area contributed by atoms with E-state index >= 15 is 0 Å². The van der Waals surface area contributed by atoms with Gasteiger partial charge in [0.05, 0.1) is 6.04 Å². The third-order valence-corrected chi connectivity index (χ3v) is 4.22. The Kier molecular flexibility index (Phi) is 4.53. The predicted octanol–water partition coefficient (Wildman–Crippen LogP) is 3.23. The van der Waals surface area contributed by atoms with Gasteiger partial charge < -0.3 is 5.73 Å². The van der Waals surface area contributed by atoms with Crippen molar-refractivity contribution in [3.05, 3.63) is 35.4 Å². The molecule has 4 heteroatoms. The lowest BCUT2D eigenvalue weighted by atomic mass is 10.0. The molecule has 1 aliphatic rings. The topological polar surface area (TPSA) is 29.3 Å². The van der Waals surface area contributed by atoms with Crippen LogP contribution in [0.15, 0.2) is 18.2 Å². The molecule has 1 aliphatic heterocycles. The van der Waals surface area contributed by atoms with E-state index in [9.17, 15) is 8.78 Å². The van der Waals surface area contributed by atoms with Gasteiger partial charge in [-0.3, -0.25) is 4.90 Å². The summed E-state index contributed by atoms with van der Waals surface area (Å²) in [4.78, 5) is 2.26. The first-order valence-corrected chi connectivity index (χ1v) is 7.00. The number of benzene rings is 1. The Morgan fingerprint density at radius 1 is 1.37 bits per heavy atom. The van der Waals surface area contributed by atoms with Gasteiger partial charge in [-0.25, -0.2) is 8.78 Å². The molecule has 3 unspecified atom stereocenters. The van der Waals surface area contributed by atoms with E-state index < -0.39 is 5.82 Å². The van der Waals surface area contributed by atoms with Crippen molar-refractivity contribution in [1.82, 2.24) is 4.90 Å². The molecule has 0 amide bonds. The Bertz CT molecular complexity index is 436. The zero-order chi connectivity index (χ0) is 14.0. The lowest BCUT2D eigenvalue weighted by Gasteiger charge is -2.35. The van der Waals surface area contributed by atoms with Crippen molar-refractivity contribution >= 4 is 0 Å². The van der Waals surface area contributed by atoms with Gasteiger partial charge in [0.1, 0.15) is 11.6 Å². The van der Waals surface area contributed by atoms with Crippen LogP contribution in [0.4, 0.5) is 8.78 Å². The summed E-state index contributed by atoms with van der Waals surface area (Å²) in [6.07, 6.45) is 3.20. The number of hydrogen-bond donors (Lipinski definition) is 1. The number of nitrogens with two attached hydrogens (primary N) is 1. The van der Waals surface area contributed by atoms with Crippen molar-refractivity contribution in [2.75, 3.05) is 6.54 Å². The molecule has 0 radical (unpaired) electrons. The number of likely N-dealkylation sites (tertiary alicyclic amines) is 1. The van der Waals surface area contributed by atoms with Gasteiger partial charge in [-0.05, 0) is 44.4 Å². The fourth-order valence-electron chi connectivity index (χ4n) is 3.25. The zero-order valence-corrected chi connectivity index (χ0v) is 11.6. The Labute approximate surface area is 113 Å². The molecule has 0 saturated carbocycles. The summed E-state index contributed by atoms with van der Waals surface area (Å²) in [6.45, 7) is 4.57. The molecule has 2 N–H and O–H groups in total. The smallest absolute Gasteiger partial charge is 0.128 e. The Balaban J connectivity index is 2.35. The van der Waals surface area contributed by atoms with Crippen molar-refractivity contribution in [2.45, 2.75) is 51.2 Å². The number of hydrogen-bond acceptors (Lipinski definition) is 2. The normalized spacial score (nSPS) is 25.7. The molecule has 1 aromatic rings. The van der Waals surface area contributed by atoms with Crippen LogP contribution >= 0.6 is 0 Å². The second-order valence-electron chi connectivity index (χ2n) is 5.35. The molecule has 2 rings (SSSR count). The van der Waals surface area contributed by atoms with E-state index in [4.69, 9.17) is 5.73 Å². The van der Waals surface area contributed by atoms with Gasteiger partial charge >= 0.3 is 0 Å². The molecule has 1 heterocycles. The van der Waals surface area contributed by atoms with Crippen LogP contribution in [0.1, 0.15) is 44.7 Å². The second-order valence-corrected chi connectivity index (χ2v) is 5.35. The molecule has 0 aliphatic carbocycles. The first kappa shape index (κ1) is 14.4. The summed E-state index contributed by atoms with van der Waals surface area (Å²) in [7, 11) is 0. The first-order valence-electron chi connectivity index (χ1n) is 7.00. The largest absolute Gasteiger partial charge is 0.329 e. The highest BCUT2D eigenvalue weighted by atomic mass is 19.1. The summed E-state index contributed by atoms with van der Waals surface area (Å²) in [5.74, 6) is -0.777. The minimum absolute atomic E-state index is 0.238. The second kappa shape index (κ2) is 5.97. The molecule has 0 spiro atoms. The van der Waals surface area contributed by atoms with Crippen LogP contribution in [-0.2, 0) is 0 Å². The third kappa shape index (κ3) is 2.79. The van der Waals surface area contributed by atoms with Gasteiger partial charge in [-0.1, -0.05) is 6.92 Å². The Hall–Kier alpha value is -1.00. The Morgan fingerprint density at radius 3 is 2.74 bits per heavy atom. The van der Waals surface area contributed by atoms with E-state index in [0.717, 1.165) is 25.3 Å². The molecule has 19 heavy (non-hydrogen) atoms. The van der Waals surface area contributed by atoms with Gasteiger partial charge in [-0.2, -0.15) is 0 Å². The minimum Gasteiger partial charge on any atom is -0.329 e. The monoisotopic (exact) mass is 268 g/mol. The third-order valence-electron chi connectivity index (χ3n) is 4.22. The summed E-state index contributed by atoms with van der Waals surface area (Å²) in [5, 5.41) is 0. The zero-order valence-electron chi connectivity index (χ0n) is 11.6. The van der Waals surface area contributed by atoms with Gasteiger partial charge in [0.15, 0.2) is 0 Å². The van der Waals surface area contributed by atoms with Crippen LogP contribution in [0, 0.1) is 11.6 Å². The van der Waals surface area contributed by atoms with Crippen LogP contribution in [0.2, 0.25) is 0 Å². The molecule has 0 aromatic heterocycles. The molecule has 2 nitrogen and oxygen atoms in total. The van der Waals surface area contributed by atoms with Crippen LogP contribution < -0.4 is 5.73 Å². The first-order chi connectivity index (χ1) is 9.08. The highest BCUT2D eigenvalue weighted by Crippen LogP contribution is 2.35. The molecule has 106 valence electrons. The number of halogens is 2. The van der Waals surface area contributed by atoms with Crippen LogP contribution in [0.5, 0.6) is 0 Å². The molecule has 0 bridgehead atoms. The quantitative estimate of drug-likeness (QED) is 0.908. The van der Waals surface area contributed by atoms with Gasteiger partial charge in [0, 0.05) is 24.2 Å². The van der Waals surface area contributed by atoms with E-state index in [2.05, 4.69) is 18.7 Å². The average Bonchev–Trinajstić information content (AvgIpc) is 2.76. The van der Waals surface area contributed by atoms with E-state index in [-0.39, 0.29) is 11.9 Å². The number of rotatable bonds is 4. The number of nitrogens with zero attached hydrogens (tertiary/aromatic N) is 1. The molecular weight excluding hydrogens is 246 g/mol. The predicted molar refractivity (Wildman–Crippen MR) is 72.8 cm³/mol. The Morgan fingerprint density at radius 2 is 2.11 bits per heavy atom. The van der Waals surface area contributed by atoms with Crippen molar-refractivity contribution in [1.29, 1.82) is 0 Å². The molecule has 1 saturated heterocycles. The van der Waals surface area contributed by atoms with E-state index in [1.165, 1.54) is 12.1 Å². The van der Waals surface area contributed by atoms with Crippen LogP contribution in [0.25, 0.3) is 0 Å². The van der Waals surface area contributed by atoms with Crippen LogP contribution in [-0.4, -0.2) is 23.5 Å². The maximum absolute atomic E-state index is 14.0. The SMILES string of the molecule is CCC1CCC(C)N1C(CN)c1cc(F)ccc1F. The summed E-state index contributed by atoms with van der Waals surface area (Å²) in [5.41, 5.74) is 6.24. The molecule has 3 atom stereocenters. The van der Waals surface area contributed by atoms with Gasteiger partial charge in [-0.15, -0.1) is 0 Å². The fourth-order valence-corrected chi connectivity index (χ4v) is 3.25. The highest BCUT2D eigenvalue weighted by Gasteiger charge is 2.35. The highest BCUT2D eigenvalue weighted by molar-refractivity contribution is 5.23. The van der Waals surface area contributed by atoms with Gasteiger partial charge in [0.25, 0.3) is 0 Å². The van der Waals surface area contributed by atoms with Crippen molar-refractivity contribution in [2.24, 2.45) is 5.73 Å². The average molecular weight is 268 g/mol. The lowest BCUT2D eigenvalue weighted by molar-refractivity contribution is 0.134. The fraction of sp³-hybridized carbons (Fsp3) is 0.600. The van der Waals surface area contributed by atoms with E-state index in [1.54, 1.807) is 0 Å². The maximum Gasteiger partial charge on any atom is 0.128 e. The lowest BCUT2D eigenvalue weighted by Crippen LogP contribution is -2.41. The maximum atomic E-state index is 14.0. The van der Waals surface area contributed by atoms with Crippen molar-refractivity contribution in [3.63, 3.8) is 0 Å². The summed E-state index contributed by atoms with van der Waals surface area (Å²) >= 11 is 0. The molecule has 1 aromatic carbocycles. The van der Waals surface area contributed by atoms with E-state index in [1.807, 2.05) is 0 Å². The molecule has 1 fully saturated rings. The summed E-state index contributed by atoms with van der Waals surface area (Å²) < 4.78 is 27.4.